The van der Waals surface area contributed by atoms with Crippen molar-refractivity contribution in [1.29, 1.82) is 0 Å². The van der Waals surface area contributed by atoms with E-state index in [1.54, 1.807) is 11.8 Å². The Labute approximate surface area is 165 Å². The van der Waals surface area contributed by atoms with Gasteiger partial charge in [-0.15, -0.1) is 11.8 Å². The van der Waals surface area contributed by atoms with Crippen molar-refractivity contribution in [2.75, 3.05) is 26.4 Å². The van der Waals surface area contributed by atoms with Crippen LogP contribution in [0.3, 0.4) is 0 Å². The smallest absolute Gasteiger partial charge is 0.230 e. The van der Waals surface area contributed by atoms with Gasteiger partial charge in [0.2, 0.25) is 5.91 Å². The van der Waals surface area contributed by atoms with Crippen molar-refractivity contribution in [2.45, 2.75) is 11.8 Å². The fourth-order valence-corrected chi connectivity index (χ4v) is 4.12. The van der Waals surface area contributed by atoms with Gasteiger partial charge < -0.3 is 14.8 Å². The lowest BCUT2D eigenvalue weighted by molar-refractivity contribution is -0.118. The van der Waals surface area contributed by atoms with Gasteiger partial charge >= 0.3 is 0 Å². The van der Waals surface area contributed by atoms with Crippen molar-refractivity contribution in [2.24, 2.45) is 7.05 Å². The average molecular weight is 382 g/mol. The molecule has 0 radical (unpaired) electrons. The van der Waals surface area contributed by atoms with Crippen LogP contribution in [0.15, 0.2) is 60.8 Å². The SMILES string of the molecule is CN(C)C(CNC(=O)CSCc1ccccc1)c1cn(C)c2ccccc12. The number of rotatable bonds is 8. The number of carbonyl (C=O) groups is 1. The number of hydrogen-bond acceptors (Lipinski definition) is 3. The van der Waals surface area contributed by atoms with Gasteiger partial charge in [0.05, 0.1) is 11.8 Å². The summed E-state index contributed by atoms with van der Waals surface area (Å²) >= 11 is 1.65. The maximum atomic E-state index is 12.3. The van der Waals surface area contributed by atoms with Crippen LogP contribution in [0.5, 0.6) is 0 Å². The van der Waals surface area contributed by atoms with E-state index in [4.69, 9.17) is 0 Å². The molecular weight excluding hydrogens is 354 g/mol. The molecule has 142 valence electrons. The van der Waals surface area contributed by atoms with Crippen LogP contribution < -0.4 is 5.32 Å². The third-order valence-electron chi connectivity index (χ3n) is 4.75. The van der Waals surface area contributed by atoms with Crippen molar-refractivity contribution >= 4 is 28.6 Å². The Balaban J connectivity index is 1.59. The van der Waals surface area contributed by atoms with E-state index in [2.05, 4.69) is 78.5 Å². The average Bonchev–Trinajstić information content (AvgIpc) is 2.99. The standard InChI is InChI=1S/C22H27N3OS/c1-24(2)21(19-14-25(3)20-12-8-7-11-18(19)20)13-23-22(26)16-27-15-17-9-5-4-6-10-17/h4-12,14,21H,13,15-16H2,1-3H3,(H,23,26). The summed E-state index contributed by atoms with van der Waals surface area (Å²) in [5, 5.41) is 4.35. The quantitative estimate of drug-likeness (QED) is 0.644. The first-order valence-corrected chi connectivity index (χ1v) is 10.3. The maximum Gasteiger partial charge on any atom is 0.230 e. The summed E-state index contributed by atoms with van der Waals surface area (Å²) in [7, 11) is 6.18. The molecule has 5 heteroatoms. The van der Waals surface area contributed by atoms with E-state index < -0.39 is 0 Å². The molecule has 1 N–H and O–H groups in total. The van der Waals surface area contributed by atoms with Gasteiger partial charge in [0.1, 0.15) is 0 Å². The molecule has 0 aliphatic carbocycles. The minimum atomic E-state index is 0.0861. The number of carbonyl (C=O) groups excluding carboxylic acids is 1. The lowest BCUT2D eigenvalue weighted by atomic mass is 10.0. The van der Waals surface area contributed by atoms with Gasteiger partial charge in [-0.25, -0.2) is 0 Å². The second-order valence-corrected chi connectivity index (χ2v) is 7.96. The first-order valence-electron chi connectivity index (χ1n) is 9.15. The highest BCUT2D eigenvalue weighted by Gasteiger charge is 2.19. The van der Waals surface area contributed by atoms with E-state index >= 15 is 0 Å². The molecule has 27 heavy (non-hydrogen) atoms. The summed E-state index contributed by atoms with van der Waals surface area (Å²) < 4.78 is 2.15. The highest BCUT2D eigenvalue weighted by molar-refractivity contribution is 7.99. The van der Waals surface area contributed by atoms with Crippen LogP contribution in [0, 0.1) is 0 Å². The molecule has 1 amide bonds. The summed E-state index contributed by atoms with van der Waals surface area (Å²) in [4.78, 5) is 14.5. The van der Waals surface area contributed by atoms with Crippen molar-refractivity contribution in [3.63, 3.8) is 0 Å². The van der Waals surface area contributed by atoms with E-state index in [1.165, 1.54) is 22.0 Å². The number of thioether (sulfide) groups is 1. The lowest BCUT2D eigenvalue weighted by Crippen LogP contribution is -2.35. The van der Waals surface area contributed by atoms with Crippen LogP contribution in [0.1, 0.15) is 17.2 Å². The Hall–Kier alpha value is -2.24. The Morgan fingerprint density at radius 3 is 2.56 bits per heavy atom. The zero-order valence-electron chi connectivity index (χ0n) is 16.2. The molecule has 4 nitrogen and oxygen atoms in total. The first kappa shape index (κ1) is 19.5. The van der Waals surface area contributed by atoms with Crippen molar-refractivity contribution in [3.8, 4) is 0 Å². The van der Waals surface area contributed by atoms with Gasteiger partial charge in [0, 0.05) is 36.4 Å². The summed E-state index contributed by atoms with van der Waals surface area (Å²) in [6.45, 7) is 0.603. The predicted octanol–water partition coefficient (Wildman–Crippen LogP) is 3.83. The van der Waals surface area contributed by atoms with Crippen LogP contribution in [-0.2, 0) is 17.6 Å². The second-order valence-electron chi connectivity index (χ2n) is 6.97. The highest BCUT2D eigenvalue weighted by Crippen LogP contribution is 2.28. The van der Waals surface area contributed by atoms with Gasteiger partial charge in [-0.05, 0) is 31.3 Å². The Bertz CT molecular complexity index is 889. The van der Waals surface area contributed by atoms with Crippen LogP contribution in [0.25, 0.3) is 10.9 Å². The normalized spacial score (nSPS) is 12.4. The molecule has 0 spiro atoms. The van der Waals surface area contributed by atoms with Gasteiger partial charge in [0.15, 0.2) is 0 Å². The lowest BCUT2D eigenvalue weighted by Gasteiger charge is -2.24. The maximum absolute atomic E-state index is 12.3. The minimum Gasteiger partial charge on any atom is -0.353 e. The number of likely N-dealkylation sites (N-methyl/N-ethyl adjacent to an activating group) is 1. The Morgan fingerprint density at radius 1 is 1.11 bits per heavy atom. The van der Waals surface area contributed by atoms with Gasteiger partial charge in [-0.1, -0.05) is 48.5 Å². The Kier molecular flexibility index (Phi) is 6.58. The van der Waals surface area contributed by atoms with E-state index in [0.717, 1.165) is 5.75 Å². The highest BCUT2D eigenvalue weighted by atomic mass is 32.2. The molecule has 1 atom stereocenters. The summed E-state index contributed by atoms with van der Waals surface area (Å²) in [5.41, 5.74) is 3.71. The van der Waals surface area contributed by atoms with Crippen molar-refractivity contribution in [3.05, 3.63) is 71.9 Å². The van der Waals surface area contributed by atoms with E-state index in [-0.39, 0.29) is 11.9 Å². The molecule has 0 aliphatic heterocycles. The molecule has 2 aromatic carbocycles. The van der Waals surface area contributed by atoms with Crippen LogP contribution >= 0.6 is 11.8 Å². The number of nitrogens with one attached hydrogen (secondary N) is 1. The number of para-hydroxylation sites is 1. The number of fused-ring (bicyclic) bond motifs is 1. The molecule has 0 fully saturated rings. The molecule has 0 bridgehead atoms. The number of aromatic nitrogens is 1. The molecule has 1 heterocycles. The van der Waals surface area contributed by atoms with Gasteiger partial charge in [-0.2, -0.15) is 0 Å². The summed E-state index contributed by atoms with van der Waals surface area (Å²) in [5.74, 6) is 1.42. The third-order valence-corrected chi connectivity index (χ3v) is 5.75. The van der Waals surface area contributed by atoms with Crippen molar-refractivity contribution in [1.82, 2.24) is 14.8 Å². The molecular formula is C22H27N3OS. The molecule has 0 saturated carbocycles. The third kappa shape index (κ3) is 4.93. The monoisotopic (exact) mass is 381 g/mol. The zero-order valence-corrected chi connectivity index (χ0v) is 17.0. The molecule has 1 unspecified atom stereocenters. The van der Waals surface area contributed by atoms with Crippen LogP contribution in [0.4, 0.5) is 0 Å². The van der Waals surface area contributed by atoms with Gasteiger partial charge in [-0.3, -0.25) is 4.79 Å². The second kappa shape index (κ2) is 9.11. The topological polar surface area (TPSA) is 37.3 Å². The minimum absolute atomic E-state index is 0.0861. The fraction of sp³-hybridized carbons (Fsp3) is 0.318. The number of amides is 1. The van der Waals surface area contributed by atoms with E-state index in [9.17, 15) is 4.79 Å². The number of nitrogens with zero attached hydrogens (tertiary/aromatic N) is 2. The van der Waals surface area contributed by atoms with E-state index in [0.29, 0.717) is 12.3 Å². The van der Waals surface area contributed by atoms with Crippen LogP contribution in [-0.4, -0.2) is 41.8 Å². The summed E-state index contributed by atoms with van der Waals surface area (Å²) in [6.07, 6.45) is 2.17. The number of benzene rings is 2. The van der Waals surface area contributed by atoms with Crippen molar-refractivity contribution < 1.29 is 4.79 Å². The van der Waals surface area contributed by atoms with Gasteiger partial charge in [0.25, 0.3) is 0 Å². The Morgan fingerprint density at radius 2 is 1.81 bits per heavy atom. The molecule has 3 aromatic rings. The number of hydrogen-bond donors (Lipinski definition) is 1. The molecule has 0 saturated heterocycles. The number of aryl methyl sites for hydroxylation is 1. The largest absolute Gasteiger partial charge is 0.353 e. The fourth-order valence-electron chi connectivity index (χ4n) is 3.31. The molecule has 3 rings (SSSR count). The van der Waals surface area contributed by atoms with E-state index in [1.807, 2.05) is 18.2 Å². The molecule has 0 aliphatic rings. The zero-order chi connectivity index (χ0) is 19.2. The van der Waals surface area contributed by atoms with Crippen LogP contribution in [0.2, 0.25) is 0 Å². The first-order chi connectivity index (χ1) is 13.1. The molecule has 1 aromatic heterocycles. The summed E-state index contributed by atoms with van der Waals surface area (Å²) in [6, 6.07) is 18.8. The predicted molar refractivity (Wildman–Crippen MR) is 115 cm³/mol.